The van der Waals surface area contributed by atoms with Crippen molar-refractivity contribution < 1.29 is 23.7 Å². The molecule has 2 N–H and O–H groups in total. The molecule has 2 amide bonds. The predicted octanol–water partition coefficient (Wildman–Crippen LogP) is 3.57. The molecule has 1 aliphatic heterocycles. The van der Waals surface area contributed by atoms with Crippen molar-refractivity contribution in [2.45, 2.75) is 25.9 Å². The molecule has 3 aromatic carbocycles. The Labute approximate surface area is 217 Å². The Morgan fingerprint density at radius 2 is 1.49 bits per heavy atom. The largest absolute Gasteiger partial charge is 0.497 e. The van der Waals surface area contributed by atoms with Crippen molar-refractivity contribution >= 4 is 23.7 Å². The first-order valence-corrected chi connectivity index (χ1v) is 12.3. The van der Waals surface area contributed by atoms with E-state index in [4.69, 9.17) is 9.47 Å². The number of ether oxygens (including phenoxy) is 2. The Kier molecular flexibility index (Phi) is 8.08. The van der Waals surface area contributed by atoms with Gasteiger partial charge in [-0.1, -0.05) is 0 Å². The first-order chi connectivity index (χ1) is 18.0. The standard InChI is InChI=1S/C29H32N4O4/c1-5-32(6-2)23-13-7-20(8-14-23)19-33-27(21-9-15-24(36-3)16-10-21)26(29(35)31-33)30-28(34)22-11-17-25(37-4)18-12-22/h7-19,26-27H,5-6H2,1-4H3,(H-,30,31,34,35)/p+1/t26-,27+/m0/s1. The molecule has 0 unspecified atom stereocenters. The zero-order valence-electron chi connectivity index (χ0n) is 21.6. The number of carbonyl (C=O) groups excluding carboxylic acids is 2. The van der Waals surface area contributed by atoms with E-state index in [1.54, 1.807) is 43.2 Å². The molecular weight excluding hydrogens is 468 g/mol. The fraction of sp³-hybridized carbons (Fsp3) is 0.276. The maximum atomic E-state index is 13.1. The van der Waals surface area contributed by atoms with Crippen LogP contribution < -0.4 is 25.1 Å². The van der Waals surface area contributed by atoms with Crippen LogP contribution >= 0.6 is 0 Å². The van der Waals surface area contributed by atoms with Crippen LogP contribution in [0.5, 0.6) is 11.5 Å². The molecule has 8 heteroatoms. The van der Waals surface area contributed by atoms with Crippen LogP contribution in [0.25, 0.3) is 0 Å². The third kappa shape index (κ3) is 5.74. The summed E-state index contributed by atoms with van der Waals surface area (Å²) >= 11 is 0. The summed E-state index contributed by atoms with van der Waals surface area (Å²) < 4.78 is 12.2. The Morgan fingerprint density at radius 3 is 2.03 bits per heavy atom. The molecule has 3 aromatic rings. The van der Waals surface area contributed by atoms with E-state index in [0.29, 0.717) is 17.1 Å². The highest BCUT2D eigenvalue weighted by molar-refractivity contribution is 5.98. The number of amides is 2. The van der Waals surface area contributed by atoms with Crippen LogP contribution in [-0.4, -0.2) is 56.1 Å². The highest BCUT2D eigenvalue weighted by Gasteiger charge is 2.47. The SMILES string of the molecule is CCN(CC)c1ccc(/C=[N+]2\NC(=O)[C@@H](NC(=O)c3ccc(OC)cc3)[C@H]2c2ccc(OC)cc2)cc1. The number of carbonyl (C=O) groups is 2. The van der Waals surface area contributed by atoms with Crippen molar-refractivity contribution in [1.82, 2.24) is 10.7 Å². The zero-order valence-corrected chi connectivity index (χ0v) is 21.6. The van der Waals surface area contributed by atoms with E-state index in [9.17, 15) is 9.59 Å². The second-order valence-corrected chi connectivity index (χ2v) is 8.67. The summed E-state index contributed by atoms with van der Waals surface area (Å²) in [6.07, 6.45) is 1.89. The summed E-state index contributed by atoms with van der Waals surface area (Å²) in [5.41, 5.74) is 6.29. The first kappa shape index (κ1) is 25.8. The minimum Gasteiger partial charge on any atom is -0.497 e. The second-order valence-electron chi connectivity index (χ2n) is 8.67. The number of rotatable bonds is 9. The van der Waals surface area contributed by atoms with Crippen LogP contribution in [-0.2, 0) is 4.79 Å². The highest BCUT2D eigenvalue weighted by Crippen LogP contribution is 2.27. The molecule has 2 atom stereocenters. The van der Waals surface area contributed by atoms with Crippen molar-refractivity contribution in [2.75, 3.05) is 32.2 Å². The number of nitrogens with one attached hydrogen (secondary N) is 2. The minimum atomic E-state index is -0.811. The van der Waals surface area contributed by atoms with Crippen LogP contribution in [0.4, 0.5) is 5.69 Å². The number of hydrazine groups is 1. The summed E-state index contributed by atoms with van der Waals surface area (Å²) in [7, 11) is 3.18. The number of benzene rings is 3. The average molecular weight is 502 g/mol. The Hall–Kier alpha value is -4.33. The molecule has 0 aromatic heterocycles. The predicted molar refractivity (Wildman–Crippen MR) is 144 cm³/mol. The van der Waals surface area contributed by atoms with Gasteiger partial charge < -0.3 is 19.7 Å². The topological polar surface area (TPSA) is 82.9 Å². The summed E-state index contributed by atoms with van der Waals surface area (Å²) in [6.45, 7) is 6.11. The van der Waals surface area contributed by atoms with E-state index in [1.165, 1.54) is 0 Å². The number of anilines is 1. The third-order valence-corrected chi connectivity index (χ3v) is 6.54. The van der Waals surface area contributed by atoms with Crippen LogP contribution in [0, 0.1) is 0 Å². The van der Waals surface area contributed by atoms with Gasteiger partial charge in [-0.15, -0.1) is 10.1 Å². The molecule has 1 fully saturated rings. The fourth-order valence-electron chi connectivity index (χ4n) is 4.47. The van der Waals surface area contributed by atoms with E-state index in [-0.39, 0.29) is 11.8 Å². The molecule has 192 valence electrons. The van der Waals surface area contributed by atoms with Crippen LogP contribution in [0.3, 0.4) is 0 Å². The van der Waals surface area contributed by atoms with Gasteiger partial charge >= 0.3 is 5.91 Å². The molecule has 1 aliphatic rings. The second kappa shape index (κ2) is 11.6. The van der Waals surface area contributed by atoms with Gasteiger partial charge in [-0.3, -0.25) is 9.59 Å². The first-order valence-electron chi connectivity index (χ1n) is 12.3. The normalized spacial score (nSPS) is 17.8. The number of nitrogens with zero attached hydrogens (tertiary/aromatic N) is 2. The average Bonchev–Trinajstić information content (AvgIpc) is 3.24. The van der Waals surface area contributed by atoms with E-state index >= 15 is 0 Å². The fourth-order valence-corrected chi connectivity index (χ4v) is 4.47. The van der Waals surface area contributed by atoms with E-state index in [0.717, 1.165) is 29.9 Å². The van der Waals surface area contributed by atoms with Crippen molar-refractivity contribution in [1.29, 1.82) is 0 Å². The van der Waals surface area contributed by atoms with Crippen molar-refractivity contribution in [3.8, 4) is 11.5 Å². The zero-order chi connectivity index (χ0) is 26.4. The molecule has 0 aliphatic carbocycles. The smallest absolute Gasteiger partial charge is 0.304 e. The van der Waals surface area contributed by atoms with Crippen molar-refractivity contribution in [3.63, 3.8) is 0 Å². The molecule has 0 saturated carbocycles. The quantitative estimate of drug-likeness (QED) is 0.438. The molecule has 8 nitrogen and oxygen atoms in total. The third-order valence-electron chi connectivity index (χ3n) is 6.54. The molecule has 0 radical (unpaired) electrons. The maximum Gasteiger partial charge on any atom is 0.304 e. The number of methoxy groups -OCH3 is 2. The van der Waals surface area contributed by atoms with Crippen LogP contribution in [0.15, 0.2) is 72.8 Å². The number of hydrogen-bond donors (Lipinski definition) is 2. The lowest BCUT2D eigenvalue weighted by Crippen LogP contribution is -2.42. The molecular formula is C29H33N4O4+. The number of hydrazone groups is 1. The van der Waals surface area contributed by atoms with Gasteiger partial charge in [0.15, 0.2) is 6.04 Å². The van der Waals surface area contributed by atoms with Crippen molar-refractivity contribution in [2.24, 2.45) is 0 Å². The van der Waals surface area contributed by atoms with Gasteiger partial charge in [0.25, 0.3) is 5.91 Å². The van der Waals surface area contributed by atoms with Crippen LogP contribution in [0.1, 0.15) is 41.4 Å². The Balaban J connectivity index is 1.65. The van der Waals surface area contributed by atoms with Gasteiger partial charge in [0.2, 0.25) is 12.3 Å². The summed E-state index contributed by atoms with van der Waals surface area (Å²) in [5.74, 6) is 0.729. The Morgan fingerprint density at radius 1 is 0.919 bits per heavy atom. The van der Waals surface area contributed by atoms with Gasteiger partial charge in [-0.25, -0.2) is 0 Å². The highest BCUT2D eigenvalue weighted by atomic mass is 16.5. The van der Waals surface area contributed by atoms with Gasteiger partial charge in [-0.05, 0) is 86.6 Å². The molecule has 0 spiro atoms. The lowest BCUT2D eigenvalue weighted by Gasteiger charge is -2.20. The summed E-state index contributed by atoms with van der Waals surface area (Å²) in [5, 5.41) is 2.92. The van der Waals surface area contributed by atoms with Gasteiger partial charge in [0, 0.05) is 35.5 Å². The molecule has 37 heavy (non-hydrogen) atoms. The molecule has 1 heterocycles. The van der Waals surface area contributed by atoms with E-state index in [2.05, 4.69) is 41.6 Å². The van der Waals surface area contributed by atoms with Gasteiger partial charge in [0.05, 0.1) is 14.2 Å². The van der Waals surface area contributed by atoms with E-state index < -0.39 is 12.1 Å². The van der Waals surface area contributed by atoms with Gasteiger partial charge in [-0.2, -0.15) is 0 Å². The lowest BCUT2D eigenvalue weighted by atomic mass is 9.99. The number of hydrogen-bond acceptors (Lipinski definition) is 5. The maximum absolute atomic E-state index is 13.1. The summed E-state index contributed by atoms with van der Waals surface area (Å²) in [4.78, 5) is 28.5. The molecule has 1 saturated heterocycles. The Bertz CT molecular complexity index is 1250. The minimum absolute atomic E-state index is 0.293. The molecule has 0 bridgehead atoms. The monoisotopic (exact) mass is 501 g/mol. The lowest BCUT2D eigenvalue weighted by molar-refractivity contribution is -0.596. The van der Waals surface area contributed by atoms with Crippen molar-refractivity contribution in [3.05, 3.63) is 89.5 Å². The van der Waals surface area contributed by atoms with E-state index in [1.807, 2.05) is 42.6 Å². The summed E-state index contributed by atoms with van der Waals surface area (Å²) in [6, 6.07) is 21.2. The molecule has 4 rings (SSSR count). The van der Waals surface area contributed by atoms with Crippen LogP contribution in [0.2, 0.25) is 0 Å². The van der Waals surface area contributed by atoms with Gasteiger partial charge in [0.1, 0.15) is 11.5 Å².